The van der Waals surface area contributed by atoms with Gasteiger partial charge in [-0.05, 0) is 34.4 Å². The molecule has 1 aromatic heterocycles. The van der Waals surface area contributed by atoms with Crippen LogP contribution in [0.25, 0.3) is 0 Å². The van der Waals surface area contributed by atoms with Gasteiger partial charge in [-0.1, -0.05) is 0 Å². The molecule has 1 aliphatic heterocycles. The number of hydrogen-bond acceptors (Lipinski definition) is 4. The summed E-state index contributed by atoms with van der Waals surface area (Å²) in [6, 6.07) is 0. The van der Waals surface area contributed by atoms with Crippen LogP contribution in [0.15, 0.2) is 4.99 Å². The normalized spacial score (nSPS) is 15.3. The molecule has 0 bridgehead atoms. The van der Waals surface area contributed by atoms with Crippen molar-refractivity contribution in [1.82, 2.24) is 14.7 Å². The maximum atomic E-state index is 4.60. The third-order valence-corrected chi connectivity index (χ3v) is 3.28. The number of nitrogens with one attached hydrogen (secondary N) is 1. The maximum Gasteiger partial charge on any atom is 0.101 e. The zero-order valence-electron chi connectivity index (χ0n) is 11.8. The van der Waals surface area contributed by atoms with Crippen LogP contribution in [-0.4, -0.2) is 47.7 Å². The zero-order chi connectivity index (χ0) is 13.1. The van der Waals surface area contributed by atoms with Crippen LogP contribution in [0.4, 0.5) is 5.69 Å². The molecule has 0 aliphatic carbocycles. The van der Waals surface area contributed by atoms with Crippen molar-refractivity contribution in [3.8, 4) is 0 Å². The van der Waals surface area contributed by atoms with Gasteiger partial charge in [0.25, 0.3) is 0 Å². The lowest BCUT2D eigenvalue weighted by atomic mass is 10.3. The van der Waals surface area contributed by atoms with Gasteiger partial charge >= 0.3 is 0 Å². The first-order chi connectivity index (χ1) is 8.58. The second-order valence-corrected chi connectivity index (χ2v) is 5.13. The molecule has 0 saturated carbocycles. The van der Waals surface area contributed by atoms with Crippen molar-refractivity contribution in [2.24, 2.45) is 4.99 Å². The lowest BCUT2D eigenvalue weighted by molar-refractivity contribution is 0.370. The minimum absolute atomic E-state index is 0.924. The number of anilines is 1. The van der Waals surface area contributed by atoms with Crippen molar-refractivity contribution in [3.05, 3.63) is 11.4 Å². The number of aryl methyl sites for hydroxylation is 1. The number of aromatic nitrogens is 2. The van der Waals surface area contributed by atoms with Gasteiger partial charge in [-0.15, -0.1) is 0 Å². The van der Waals surface area contributed by atoms with Gasteiger partial charge in [0.05, 0.1) is 23.6 Å². The molecule has 5 heteroatoms. The highest BCUT2D eigenvalue weighted by atomic mass is 15.3. The average Bonchev–Trinajstić information content (AvgIpc) is 2.90. The Balaban J connectivity index is 2.10. The van der Waals surface area contributed by atoms with Gasteiger partial charge in [-0.2, -0.15) is 5.10 Å². The van der Waals surface area contributed by atoms with E-state index in [9.17, 15) is 0 Å². The molecule has 0 aromatic carbocycles. The highest BCUT2D eigenvalue weighted by Gasteiger charge is 2.14. The van der Waals surface area contributed by atoms with Crippen LogP contribution < -0.4 is 5.32 Å². The Kier molecular flexibility index (Phi) is 4.01. The second kappa shape index (κ2) is 5.52. The van der Waals surface area contributed by atoms with Crippen molar-refractivity contribution in [2.45, 2.75) is 33.2 Å². The van der Waals surface area contributed by atoms with E-state index in [2.05, 4.69) is 52.9 Å². The van der Waals surface area contributed by atoms with Crippen LogP contribution in [0.3, 0.4) is 0 Å². The van der Waals surface area contributed by atoms with Gasteiger partial charge in [0.15, 0.2) is 0 Å². The molecule has 0 spiro atoms. The van der Waals surface area contributed by atoms with Gasteiger partial charge in [-0.3, -0.25) is 9.67 Å². The molecular formula is C13H23N5. The summed E-state index contributed by atoms with van der Waals surface area (Å²) in [6.07, 6.45) is 2.22. The van der Waals surface area contributed by atoms with Gasteiger partial charge in [-0.25, -0.2) is 0 Å². The molecule has 0 atom stereocenters. The van der Waals surface area contributed by atoms with E-state index in [1.54, 1.807) is 0 Å². The largest absolute Gasteiger partial charge is 0.341 e. The van der Waals surface area contributed by atoms with Crippen LogP contribution in [-0.2, 0) is 6.54 Å². The van der Waals surface area contributed by atoms with Crippen LogP contribution >= 0.6 is 0 Å². The van der Waals surface area contributed by atoms with Crippen molar-refractivity contribution in [1.29, 1.82) is 0 Å². The molecule has 100 valence electrons. The monoisotopic (exact) mass is 249 g/mol. The molecule has 1 N–H and O–H groups in total. The molecule has 0 saturated heterocycles. The van der Waals surface area contributed by atoms with Crippen molar-refractivity contribution in [2.75, 3.05) is 32.5 Å². The summed E-state index contributed by atoms with van der Waals surface area (Å²) in [4.78, 5) is 6.63. The molecular weight excluding hydrogens is 226 g/mol. The second-order valence-electron chi connectivity index (χ2n) is 5.13. The van der Waals surface area contributed by atoms with Crippen molar-refractivity contribution in [3.63, 3.8) is 0 Å². The Hall–Kier alpha value is -1.36. The predicted molar refractivity (Wildman–Crippen MR) is 75.4 cm³/mol. The fraction of sp³-hybridized carbons (Fsp3) is 0.692. The summed E-state index contributed by atoms with van der Waals surface area (Å²) in [5.74, 6) is 1.10. The Labute approximate surface area is 109 Å². The molecule has 2 rings (SSSR count). The molecule has 5 nitrogen and oxygen atoms in total. The number of nitrogens with zero attached hydrogens (tertiary/aromatic N) is 4. The first-order valence-electron chi connectivity index (χ1n) is 6.57. The molecule has 1 aliphatic rings. The van der Waals surface area contributed by atoms with Gasteiger partial charge in [0, 0.05) is 19.5 Å². The van der Waals surface area contributed by atoms with Crippen LogP contribution in [0.2, 0.25) is 0 Å². The zero-order valence-corrected chi connectivity index (χ0v) is 11.8. The smallest absolute Gasteiger partial charge is 0.101 e. The van der Waals surface area contributed by atoms with Crippen LogP contribution in [0.1, 0.15) is 24.2 Å². The molecule has 0 amide bonds. The number of amidine groups is 1. The van der Waals surface area contributed by atoms with E-state index in [0.717, 1.165) is 49.7 Å². The first-order valence-corrected chi connectivity index (χ1v) is 6.57. The Morgan fingerprint density at radius 2 is 2.11 bits per heavy atom. The minimum atomic E-state index is 0.924. The number of likely N-dealkylation sites (N-methyl/N-ethyl adjacent to an activating group) is 1. The number of rotatable bonds is 4. The van der Waals surface area contributed by atoms with E-state index >= 15 is 0 Å². The van der Waals surface area contributed by atoms with E-state index < -0.39 is 0 Å². The summed E-state index contributed by atoms with van der Waals surface area (Å²) in [7, 11) is 4.16. The maximum absolute atomic E-state index is 4.60. The van der Waals surface area contributed by atoms with E-state index in [-0.39, 0.29) is 0 Å². The lowest BCUT2D eigenvalue weighted by Gasteiger charge is -2.11. The molecule has 0 radical (unpaired) electrons. The Bertz CT molecular complexity index is 444. The highest BCUT2D eigenvalue weighted by Crippen LogP contribution is 2.21. The molecule has 0 fully saturated rings. The summed E-state index contributed by atoms with van der Waals surface area (Å²) in [6.45, 7) is 7.05. The van der Waals surface area contributed by atoms with Gasteiger partial charge < -0.3 is 10.2 Å². The topological polar surface area (TPSA) is 45.5 Å². The third kappa shape index (κ3) is 2.90. The van der Waals surface area contributed by atoms with Gasteiger partial charge in [0.2, 0.25) is 0 Å². The van der Waals surface area contributed by atoms with E-state index in [1.165, 1.54) is 5.69 Å². The number of hydrogen-bond donors (Lipinski definition) is 1. The van der Waals surface area contributed by atoms with E-state index in [1.807, 2.05) is 0 Å². The summed E-state index contributed by atoms with van der Waals surface area (Å²) >= 11 is 0. The summed E-state index contributed by atoms with van der Waals surface area (Å²) < 4.78 is 2.08. The lowest BCUT2D eigenvalue weighted by Crippen LogP contribution is -2.19. The van der Waals surface area contributed by atoms with E-state index in [0.29, 0.717) is 0 Å². The highest BCUT2D eigenvalue weighted by molar-refractivity contribution is 5.97. The molecule has 2 heterocycles. The predicted octanol–water partition coefficient (Wildman–Crippen LogP) is 1.67. The fourth-order valence-corrected chi connectivity index (χ4v) is 2.18. The standard InChI is InChI=1S/C13H23N5/c1-10-13(15-12-6-5-7-14-12)11(2)18(16-10)9-8-17(3)4/h5-9H2,1-4H3,(H,14,15). The van der Waals surface area contributed by atoms with E-state index in [4.69, 9.17) is 0 Å². The quantitative estimate of drug-likeness (QED) is 0.883. The fourth-order valence-electron chi connectivity index (χ4n) is 2.18. The summed E-state index contributed by atoms with van der Waals surface area (Å²) in [5.41, 5.74) is 3.39. The van der Waals surface area contributed by atoms with Crippen LogP contribution in [0, 0.1) is 13.8 Å². The average molecular weight is 249 g/mol. The van der Waals surface area contributed by atoms with Crippen LogP contribution in [0.5, 0.6) is 0 Å². The number of aliphatic imine (C=N–C) groups is 1. The SMILES string of the molecule is Cc1nn(CCN(C)C)c(C)c1NC1=NCCC1. The Morgan fingerprint density at radius 1 is 1.33 bits per heavy atom. The molecule has 18 heavy (non-hydrogen) atoms. The molecule has 1 aromatic rings. The molecule has 0 unspecified atom stereocenters. The minimum Gasteiger partial charge on any atom is -0.341 e. The first kappa shape index (κ1) is 13.1. The summed E-state index contributed by atoms with van der Waals surface area (Å²) in [5, 5.41) is 8.04. The third-order valence-electron chi connectivity index (χ3n) is 3.28. The van der Waals surface area contributed by atoms with Crippen molar-refractivity contribution >= 4 is 11.5 Å². The van der Waals surface area contributed by atoms with Crippen molar-refractivity contribution < 1.29 is 0 Å². The van der Waals surface area contributed by atoms with Gasteiger partial charge in [0.1, 0.15) is 5.84 Å². The Morgan fingerprint density at radius 3 is 2.72 bits per heavy atom.